The Morgan fingerprint density at radius 1 is 0.905 bits per heavy atom. The van der Waals surface area contributed by atoms with Crippen molar-refractivity contribution in [1.29, 1.82) is 0 Å². The van der Waals surface area contributed by atoms with Crippen LogP contribution in [0.4, 0.5) is 5.69 Å². The minimum atomic E-state index is 0.753. The number of fused-ring (bicyclic) bond motifs is 2. The van der Waals surface area contributed by atoms with E-state index in [4.69, 9.17) is 5.73 Å². The number of rotatable bonds is 2. The van der Waals surface area contributed by atoms with Crippen molar-refractivity contribution >= 4 is 27.5 Å². The van der Waals surface area contributed by atoms with Crippen LogP contribution in [0.25, 0.3) is 21.8 Å². The number of nitrogen functional groups attached to an aromatic ring is 1. The number of nitrogens with one attached hydrogen (secondary N) is 1. The number of nitrogens with two attached hydrogens (primary N) is 1. The first kappa shape index (κ1) is 12.0. The summed E-state index contributed by atoms with van der Waals surface area (Å²) in [6, 6.07) is 20.7. The number of hydrogen-bond donors (Lipinski definition) is 2. The molecule has 0 amide bonds. The topological polar surface area (TPSA) is 54.7 Å². The van der Waals surface area contributed by atoms with Crippen molar-refractivity contribution < 1.29 is 0 Å². The Kier molecular flexibility index (Phi) is 2.64. The van der Waals surface area contributed by atoms with Gasteiger partial charge in [0.25, 0.3) is 0 Å². The lowest BCUT2D eigenvalue weighted by Gasteiger charge is -2.01. The molecule has 0 aliphatic carbocycles. The van der Waals surface area contributed by atoms with Gasteiger partial charge >= 0.3 is 0 Å². The summed E-state index contributed by atoms with van der Waals surface area (Å²) >= 11 is 0. The maximum atomic E-state index is 5.80. The Morgan fingerprint density at radius 2 is 1.76 bits per heavy atom. The summed E-state index contributed by atoms with van der Waals surface area (Å²) in [6.45, 7) is 0. The normalized spacial score (nSPS) is 11.2. The predicted molar refractivity (Wildman–Crippen MR) is 87.3 cm³/mol. The highest BCUT2D eigenvalue weighted by Crippen LogP contribution is 2.19. The molecule has 21 heavy (non-hydrogen) atoms. The molecule has 3 nitrogen and oxygen atoms in total. The molecule has 0 spiro atoms. The maximum Gasteiger partial charge on any atom is 0.111 e. The molecular weight excluding hydrogens is 258 g/mol. The van der Waals surface area contributed by atoms with E-state index in [9.17, 15) is 0 Å². The molecule has 3 heteroatoms. The number of anilines is 1. The van der Waals surface area contributed by atoms with Crippen molar-refractivity contribution in [2.45, 2.75) is 6.42 Å². The predicted octanol–water partition coefficient (Wildman–Crippen LogP) is 3.89. The van der Waals surface area contributed by atoms with E-state index >= 15 is 0 Å². The van der Waals surface area contributed by atoms with Gasteiger partial charge in [0.1, 0.15) is 5.82 Å². The van der Waals surface area contributed by atoms with Gasteiger partial charge in [0, 0.05) is 12.1 Å². The summed E-state index contributed by atoms with van der Waals surface area (Å²) in [5.74, 6) is 0.964. The quantitative estimate of drug-likeness (QED) is 0.544. The van der Waals surface area contributed by atoms with Crippen molar-refractivity contribution in [3.05, 3.63) is 72.1 Å². The number of aromatic amines is 1. The monoisotopic (exact) mass is 273 g/mol. The molecule has 0 fully saturated rings. The Morgan fingerprint density at radius 3 is 2.67 bits per heavy atom. The number of hydrogen-bond acceptors (Lipinski definition) is 2. The number of imidazole rings is 1. The lowest BCUT2D eigenvalue weighted by Crippen LogP contribution is -1.90. The number of nitrogens with zero attached hydrogens (tertiary/aromatic N) is 1. The van der Waals surface area contributed by atoms with Crippen LogP contribution in [0, 0.1) is 0 Å². The summed E-state index contributed by atoms with van der Waals surface area (Å²) in [4.78, 5) is 7.96. The maximum absolute atomic E-state index is 5.80. The molecule has 4 aromatic rings. The highest BCUT2D eigenvalue weighted by molar-refractivity contribution is 5.83. The van der Waals surface area contributed by atoms with Crippen LogP contribution in [0.2, 0.25) is 0 Å². The molecule has 3 aromatic carbocycles. The summed E-state index contributed by atoms with van der Waals surface area (Å²) < 4.78 is 0. The molecule has 3 N–H and O–H groups in total. The fourth-order valence-electron chi connectivity index (χ4n) is 2.71. The van der Waals surface area contributed by atoms with E-state index in [0.717, 1.165) is 29.0 Å². The fraction of sp³-hybridized carbons (Fsp3) is 0.0556. The third kappa shape index (κ3) is 2.23. The molecule has 4 rings (SSSR count). The zero-order valence-corrected chi connectivity index (χ0v) is 11.5. The lowest BCUT2D eigenvalue weighted by molar-refractivity contribution is 1.04. The second kappa shape index (κ2) is 4.63. The van der Waals surface area contributed by atoms with Crippen LogP contribution in [0.15, 0.2) is 60.7 Å². The number of benzene rings is 3. The van der Waals surface area contributed by atoms with Gasteiger partial charge in [-0.25, -0.2) is 4.98 Å². The van der Waals surface area contributed by atoms with E-state index in [1.807, 2.05) is 18.2 Å². The molecule has 0 unspecified atom stereocenters. The van der Waals surface area contributed by atoms with Crippen molar-refractivity contribution in [3.8, 4) is 0 Å². The van der Waals surface area contributed by atoms with Crippen LogP contribution in [-0.4, -0.2) is 9.97 Å². The molecule has 102 valence electrons. The van der Waals surface area contributed by atoms with E-state index in [-0.39, 0.29) is 0 Å². The van der Waals surface area contributed by atoms with Crippen molar-refractivity contribution in [2.24, 2.45) is 0 Å². The van der Waals surface area contributed by atoms with Crippen molar-refractivity contribution in [1.82, 2.24) is 9.97 Å². The minimum absolute atomic E-state index is 0.753. The largest absolute Gasteiger partial charge is 0.399 e. The average molecular weight is 273 g/mol. The Labute approximate surface area is 122 Å². The molecular formula is C18H15N3. The van der Waals surface area contributed by atoms with Crippen LogP contribution in [0.5, 0.6) is 0 Å². The second-order valence-electron chi connectivity index (χ2n) is 5.32. The number of H-pyrrole nitrogens is 1. The summed E-state index contributed by atoms with van der Waals surface area (Å²) in [5.41, 5.74) is 9.75. The van der Waals surface area contributed by atoms with Crippen molar-refractivity contribution in [2.75, 3.05) is 5.73 Å². The standard InChI is InChI=1S/C18H15N3/c19-15-7-8-16-17(11-15)21-18(20-16)10-12-5-6-13-3-1-2-4-14(13)9-12/h1-9,11H,10,19H2,(H,20,21). The summed E-state index contributed by atoms with van der Waals surface area (Å²) in [6.07, 6.45) is 0.791. The Balaban J connectivity index is 1.71. The summed E-state index contributed by atoms with van der Waals surface area (Å²) in [7, 11) is 0. The van der Waals surface area contributed by atoms with E-state index in [0.29, 0.717) is 0 Å². The van der Waals surface area contributed by atoms with Gasteiger partial charge in [-0.3, -0.25) is 0 Å². The van der Waals surface area contributed by atoms with Crippen LogP contribution in [0.1, 0.15) is 11.4 Å². The van der Waals surface area contributed by atoms with Crippen LogP contribution in [0.3, 0.4) is 0 Å². The van der Waals surface area contributed by atoms with Gasteiger partial charge in [0.15, 0.2) is 0 Å². The van der Waals surface area contributed by atoms with Gasteiger partial charge in [-0.05, 0) is 34.5 Å². The van der Waals surface area contributed by atoms with Crippen LogP contribution >= 0.6 is 0 Å². The van der Waals surface area contributed by atoms with Crippen LogP contribution < -0.4 is 5.73 Å². The molecule has 0 aliphatic heterocycles. The molecule has 0 saturated carbocycles. The molecule has 1 aromatic heterocycles. The number of aromatic nitrogens is 2. The second-order valence-corrected chi connectivity index (χ2v) is 5.32. The summed E-state index contributed by atoms with van der Waals surface area (Å²) in [5, 5.41) is 2.52. The Bertz CT molecular complexity index is 937. The van der Waals surface area contributed by atoms with Gasteiger partial charge in [-0.1, -0.05) is 42.5 Å². The molecule has 1 heterocycles. The van der Waals surface area contributed by atoms with Gasteiger partial charge in [-0.15, -0.1) is 0 Å². The van der Waals surface area contributed by atoms with Gasteiger partial charge in [0.2, 0.25) is 0 Å². The van der Waals surface area contributed by atoms with E-state index in [2.05, 4.69) is 52.4 Å². The molecule has 0 radical (unpaired) electrons. The molecule has 0 saturated heterocycles. The van der Waals surface area contributed by atoms with Gasteiger partial charge in [0.05, 0.1) is 11.0 Å². The van der Waals surface area contributed by atoms with Gasteiger partial charge in [-0.2, -0.15) is 0 Å². The van der Waals surface area contributed by atoms with Gasteiger partial charge < -0.3 is 10.7 Å². The first-order chi connectivity index (χ1) is 10.3. The van der Waals surface area contributed by atoms with E-state index < -0.39 is 0 Å². The third-order valence-corrected chi connectivity index (χ3v) is 3.74. The molecule has 0 atom stereocenters. The zero-order chi connectivity index (χ0) is 14.2. The van der Waals surface area contributed by atoms with E-state index in [1.54, 1.807) is 0 Å². The molecule has 0 bridgehead atoms. The molecule has 0 aliphatic rings. The SMILES string of the molecule is Nc1ccc2nc(Cc3ccc4ccccc4c3)[nH]c2c1. The smallest absolute Gasteiger partial charge is 0.111 e. The average Bonchev–Trinajstić information content (AvgIpc) is 2.88. The highest BCUT2D eigenvalue weighted by Gasteiger charge is 2.05. The highest BCUT2D eigenvalue weighted by atomic mass is 14.9. The lowest BCUT2D eigenvalue weighted by atomic mass is 10.1. The fourth-order valence-corrected chi connectivity index (χ4v) is 2.71. The van der Waals surface area contributed by atoms with E-state index in [1.165, 1.54) is 16.3 Å². The van der Waals surface area contributed by atoms with Crippen molar-refractivity contribution in [3.63, 3.8) is 0 Å². The zero-order valence-electron chi connectivity index (χ0n) is 11.5. The first-order valence-corrected chi connectivity index (χ1v) is 7.00. The Hall–Kier alpha value is -2.81. The third-order valence-electron chi connectivity index (χ3n) is 3.74. The minimum Gasteiger partial charge on any atom is -0.399 e. The van der Waals surface area contributed by atoms with Crippen LogP contribution in [-0.2, 0) is 6.42 Å². The first-order valence-electron chi connectivity index (χ1n) is 7.00.